The summed E-state index contributed by atoms with van der Waals surface area (Å²) < 4.78 is 5.06. The summed E-state index contributed by atoms with van der Waals surface area (Å²) >= 11 is 0. The summed E-state index contributed by atoms with van der Waals surface area (Å²) in [5.41, 5.74) is 1.49. The van der Waals surface area contributed by atoms with Crippen LogP contribution in [0.2, 0.25) is 0 Å². The second-order valence-corrected chi connectivity index (χ2v) is 4.47. The van der Waals surface area contributed by atoms with Gasteiger partial charge in [0.15, 0.2) is 0 Å². The van der Waals surface area contributed by atoms with Crippen LogP contribution in [-0.2, 0) is 4.74 Å². The van der Waals surface area contributed by atoms with Crippen LogP contribution in [0, 0.1) is 5.41 Å². The van der Waals surface area contributed by atoms with Crippen LogP contribution in [0.4, 0.5) is 0 Å². The molecule has 0 atom stereocenters. The van der Waals surface area contributed by atoms with Crippen molar-refractivity contribution in [1.29, 1.82) is 0 Å². The van der Waals surface area contributed by atoms with Crippen molar-refractivity contribution >= 4 is 0 Å². The van der Waals surface area contributed by atoms with Gasteiger partial charge in [0.1, 0.15) is 0 Å². The van der Waals surface area contributed by atoms with Crippen molar-refractivity contribution < 1.29 is 4.74 Å². The Morgan fingerprint density at radius 1 is 1.46 bits per heavy atom. The van der Waals surface area contributed by atoms with Crippen molar-refractivity contribution in [2.45, 2.75) is 27.2 Å². The fourth-order valence-electron chi connectivity index (χ4n) is 1.08. The van der Waals surface area contributed by atoms with E-state index < -0.39 is 0 Å². The van der Waals surface area contributed by atoms with Gasteiger partial charge in [0.25, 0.3) is 0 Å². The van der Waals surface area contributed by atoms with E-state index in [2.05, 4.69) is 25.7 Å². The normalized spacial score (nSPS) is 11.7. The Morgan fingerprint density at radius 3 is 2.54 bits per heavy atom. The minimum atomic E-state index is 0.311. The van der Waals surface area contributed by atoms with E-state index in [0.29, 0.717) is 5.41 Å². The summed E-state index contributed by atoms with van der Waals surface area (Å²) in [5.74, 6) is 0. The first kappa shape index (κ1) is 12.7. The number of rotatable bonds is 7. The summed E-state index contributed by atoms with van der Waals surface area (Å²) in [6, 6.07) is 0. The fraction of sp³-hybridized carbons (Fsp3) is 0.818. The average Bonchev–Trinajstić information content (AvgIpc) is 2.00. The molecular formula is C11H23NO. The van der Waals surface area contributed by atoms with Gasteiger partial charge in [0.05, 0.1) is 0 Å². The molecule has 2 nitrogen and oxygen atoms in total. The highest BCUT2D eigenvalue weighted by Crippen LogP contribution is 2.18. The Labute approximate surface area is 82.4 Å². The second-order valence-electron chi connectivity index (χ2n) is 4.47. The van der Waals surface area contributed by atoms with Crippen LogP contribution in [0.25, 0.3) is 0 Å². The maximum absolute atomic E-state index is 5.06. The van der Waals surface area contributed by atoms with Crippen molar-refractivity contribution in [3.63, 3.8) is 0 Å². The van der Waals surface area contributed by atoms with Crippen LogP contribution in [-0.4, -0.2) is 26.8 Å². The van der Waals surface area contributed by atoms with E-state index in [4.69, 9.17) is 4.74 Å². The molecule has 0 bridgehead atoms. The largest absolute Gasteiger partial charge is 0.385 e. The summed E-state index contributed by atoms with van der Waals surface area (Å²) in [7, 11) is 1.75. The molecule has 0 rings (SSSR count). The summed E-state index contributed by atoms with van der Waals surface area (Å²) in [4.78, 5) is 0. The van der Waals surface area contributed by atoms with Crippen molar-refractivity contribution in [2.75, 3.05) is 26.8 Å². The number of hydrogen-bond acceptors (Lipinski definition) is 2. The molecule has 0 aliphatic carbocycles. The number of hydrogen-bond donors (Lipinski definition) is 1. The van der Waals surface area contributed by atoms with Crippen LogP contribution < -0.4 is 5.32 Å². The van der Waals surface area contributed by atoms with Crippen LogP contribution in [0.1, 0.15) is 27.2 Å². The molecule has 2 heteroatoms. The van der Waals surface area contributed by atoms with E-state index in [9.17, 15) is 0 Å². The molecule has 0 aromatic carbocycles. The maximum Gasteiger partial charge on any atom is 0.0467 e. The Balaban J connectivity index is 3.56. The van der Waals surface area contributed by atoms with E-state index >= 15 is 0 Å². The molecule has 0 aromatic rings. The predicted octanol–water partition coefficient (Wildman–Crippen LogP) is 2.21. The lowest BCUT2D eigenvalue weighted by Crippen LogP contribution is -2.31. The lowest BCUT2D eigenvalue weighted by molar-refractivity contribution is 0.151. The number of ether oxygens (including phenoxy) is 1. The van der Waals surface area contributed by atoms with Crippen LogP contribution in [0.5, 0.6) is 0 Å². The van der Waals surface area contributed by atoms with Gasteiger partial charge in [-0.2, -0.15) is 0 Å². The van der Waals surface area contributed by atoms with E-state index in [1.54, 1.807) is 7.11 Å². The van der Waals surface area contributed by atoms with E-state index in [-0.39, 0.29) is 0 Å². The summed E-state index contributed by atoms with van der Waals surface area (Å²) in [6.07, 6.45) is 1.09. The lowest BCUT2D eigenvalue weighted by Gasteiger charge is -2.24. The highest BCUT2D eigenvalue weighted by atomic mass is 16.5. The highest BCUT2D eigenvalue weighted by molar-refractivity contribution is 4.91. The number of nitrogens with one attached hydrogen (secondary N) is 1. The third-order valence-electron chi connectivity index (χ3n) is 2.01. The van der Waals surface area contributed by atoms with Gasteiger partial charge < -0.3 is 10.1 Å². The zero-order valence-electron chi connectivity index (χ0n) is 9.44. The standard InChI is InChI=1S/C11H23NO/c1-10(2)8-12-9-11(3,4)6-7-13-5/h12H,1,6-9H2,2-5H3. The molecule has 0 spiro atoms. The molecule has 0 saturated carbocycles. The van der Waals surface area contributed by atoms with Crippen molar-refractivity contribution in [2.24, 2.45) is 5.41 Å². The molecule has 0 heterocycles. The van der Waals surface area contributed by atoms with Crippen molar-refractivity contribution in [3.8, 4) is 0 Å². The molecule has 0 amide bonds. The molecule has 0 radical (unpaired) electrons. The Morgan fingerprint density at radius 2 is 2.08 bits per heavy atom. The van der Waals surface area contributed by atoms with Crippen LogP contribution >= 0.6 is 0 Å². The topological polar surface area (TPSA) is 21.3 Å². The van der Waals surface area contributed by atoms with Gasteiger partial charge in [-0.15, -0.1) is 0 Å². The molecule has 0 aromatic heterocycles. The second kappa shape index (κ2) is 6.17. The van der Waals surface area contributed by atoms with Gasteiger partial charge in [-0.25, -0.2) is 0 Å². The quantitative estimate of drug-likeness (QED) is 0.614. The Kier molecular flexibility index (Phi) is 6.00. The average molecular weight is 185 g/mol. The third kappa shape index (κ3) is 8.00. The van der Waals surface area contributed by atoms with Gasteiger partial charge in [0.2, 0.25) is 0 Å². The Hall–Kier alpha value is -0.340. The molecule has 1 N–H and O–H groups in total. The molecule has 13 heavy (non-hydrogen) atoms. The van der Waals surface area contributed by atoms with Gasteiger partial charge >= 0.3 is 0 Å². The zero-order chi connectivity index (χ0) is 10.3. The minimum absolute atomic E-state index is 0.311. The van der Waals surface area contributed by atoms with Gasteiger partial charge in [-0.05, 0) is 18.8 Å². The molecule has 0 aliphatic rings. The number of methoxy groups -OCH3 is 1. The molecular weight excluding hydrogens is 162 g/mol. The molecule has 0 saturated heterocycles. The smallest absolute Gasteiger partial charge is 0.0467 e. The lowest BCUT2D eigenvalue weighted by atomic mass is 9.90. The van der Waals surface area contributed by atoms with Crippen LogP contribution in [0.3, 0.4) is 0 Å². The fourth-order valence-corrected chi connectivity index (χ4v) is 1.08. The minimum Gasteiger partial charge on any atom is -0.385 e. The first-order valence-electron chi connectivity index (χ1n) is 4.82. The van der Waals surface area contributed by atoms with Crippen molar-refractivity contribution in [3.05, 3.63) is 12.2 Å². The monoisotopic (exact) mass is 185 g/mol. The molecule has 78 valence electrons. The predicted molar refractivity (Wildman–Crippen MR) is 58.0 cm³/mol. The molecule has 0 fully saturated rings. The van der Waals surface area contributed by atoms with Crippen molar-refractivity contribution in [1.82, 2.24) is 5.32 Å². The third-order valence-corrected chi connectivity index (χ3v) is 2.01. The van der Waals surface area contributed by atoms with Crippen LogP contribution in [0.15, 0.2) is 12.2 Å². The first-order valence-corrected chi connectivity index (χ1v) is 4.82. The highest BCUT2D eigenvalue weighted by Gasteiger charge is 2.16. The maximum atomic E-state index is 5.06. The van der Waals surface area contributed by atoms with Gasteiger partial charge in [-0.1, -0.05) is 26.0 Å². The van der Waals surface area contributed by atoms with E-state index in [1.807, 2.05) is 6.92 Å². The molecule has 0 unspecified atom stereocenters. The Bertz CT molecular complexity index is 152. The summed E-state index contributed by atoms with van der Waals surface area (Å²) in [6.45, 7) is 13.1. The van der Waals surface area contributed by atoms with Gasteiger partial charge in [0, 0.05) is 26.8 Å². The summed E-state index contributed by atoms with van der Waals surface area (Å²) in [5, 5.41) is 3.38. The van der Waals surface area contributed by atoms with E-state index in [1.165, 1.54) is 5.57 Å². The molecule has 0 aliphatic heterocycles. The first-order chi connectivity index (χ1) is 5.98. The van der Waals surface area contributed by atoms with E-state index in [0.717, 1.165) is 26.1 Å². The van der Waals surface area contributed by atoms with Gasteiger partial charge in [-0.3, -0.25) is 0 Å². The SMILES string of the molecule is C=C(C)CNCC(C)(C)CCOC. The zero-order valence-corrected chi connectivity index (χ0v) is 9.44.